The van der Waals surface area contributed by atoms with Crippen molar-refractivity contribution >= 4 is 17.4 Å². The van der Waals surface area contributed by atoms with Crippen molar-refractivity contribution in [2.75, 3.05) is 11.1 Å². The summed E-state index contributed by atoms with van der Waals surface area (Å²) in [5.41, 5.74) is 12.1. The van der Waals surface area contributed by atoms with Crippen molar-refractivity contribution < 1.29 is 4.79 Å². The van der Waals surface area contributed by atoms with Crippen LogP contribution in [0.1, 0.15) is 24.2 Å². The first-order chi connectivity index (χ1) is 13.0. The Bertz CT molecular complexity index is 1030. The molecular weight excluding hydrogens is 338 g/mol. The summed E-state index contributed by atoms with van der Waals surface area (Å²) in [5, 5.41) is 2.89. The molecule has 1 aliphatic rings. The summed E-state index contributed by atoms with van der Waals surface area (Å²) in [6, 6.07) is 9.70. The molecule has 3 aromatic heterocycles. The molecule has 0 unspecified atom stereocenters. The molecule has 0 bridgehead atoms. The van der Waals surface area contributed by atoms with Gasteiger partial charge in [0.1, 0.15) is 5.82 Å². The van der Waals surface area contributed by atoms with Crippen LogP contribution in [0.5, 0.6) is 0 Å². The molecule has 3 heterocycles. The number of amides is 1. The lowest BCUT2D eigenvalue weighted by Gasteiger charge is -2.11. The van der Waals surface area contributed by atoms with Crippen molar-refractivity contribution in [2.45, 2.75) is 26.7 Å². The molecule has 27 heavy (non-hydrogen) atoms. The van der Waals surface area contributed by atoms with Crippen LogP contribution in [0.15, 0.2) is 42.7 Å². The zero-order chi connectivity index (χ0) is 19.0. The van der Waals surface area contributed by atoms with Crippen molar-refractivity contribution in [3.05, 3.63) is 54.1 Å². The Morgan fingerprint density at radius 3 is 2.70 bits per heavy atom. The van der Waals surface area contributed by atoms with E-state index in [0.29, 0.717) is 11.5 Å². The van der Waals surface area contributed by atoms with E-state index >= 15 is 0 Å². The fraction of sp³-hybridized carbons (Fsp3) is 0.238. The third-order valence-corrected chi connectivity index (χ3v) is 4.63. The Morgan fingerprint density at radius 1 is 1.11 bits per heavy atom. The molecule has 3 aromatic rings. The molecule has 6 nitrogen and oxygen atoms in total. The van der Waals surface area contributed by atoms with Gasteiger partial charge in [0.2, 0.25) is 5.91 Å². The predicted octanol–water partition coefficient (Wildman–Crippen LogP) is 3.75. The van der Waals surface area contributed by atoms with E-state index in [1.165, 1.54) is 0 Å². The van der Waals surface area contributed by atoms with Gasteiger partial charge in [-0.1, -0.05) is 0 Å². The van der Waals surface area contributed by atoms with E-state index in [1.807, 2.05) is 44.2 Å². The minimum absolute atomic E-state index is 0.0407. The largest absolute Gasteiger partial charge is 0.397 e. The van der Waals surface area contributed by atoms with Gasteiger partial charge in [-0.05, 0) is 62.6 Å². The number of nitrogen functional groups attached to an aromatic ring is 1. The van der Waals surface area contributed by atoms with Crippen molar-refractivity contribution in [1.29, 1.82) is 0 Å². The van der Waals surface area contributed by atoms with Crippen molar-refractivity contribution in [2.24, 2.45) is 5.92 Å². The molecule has 0 aliphatic heterocycles. The van der Waals surface area contributed by atoms with Gasteiger partial charge in [-0.3, -0.25) is 14.8 Å². The summed E-state index contributed by atoms with van der Waals surface area (Å²) in [4.78, 5) is 25.3. The molecule has 0 radical (unpaired) electrons. The van der Waals surface area contributed by atoms with Crippen LogP contribution in [0.4, 0.5) is 11.5 Å². The summed E-state index contributed by atoms with van der Waals surface area (Å²) in [6.45, 7) is 3.92. The Kier molecular flexibility index (Phi) is 4.32. The van der Waals surface area contributed by atoms with Crippen LogP contribution in [0.25, 0.3) is 22.4 Å². The lowest BCUT2D eigenvalue weighted by Crippen LogP contribution is -2.14. The van der Waals surface area contributed by atoms with Crippen LogP contribution in [0, 0.1) is 19.8 Å². The number of anilines is 2. The molecule has 1 saturated carbocycles. The Morgan fingerprint density at radius 2 is 1.93 bits per heavy atom. The van der Waals surface area contributed by atoms with E-state index in [4.69, 9.17) is 5.73 Å². The number of hydrogen-bond donors (Lipinski definition) is 2. The maximum Gasteiger partial charge on any atom is 0.228 e. The van der Waals surface area contributed by atoms with Gasteiger partial charge in [0, 0.05) is 34.6 Å². The number of aryl methyl sites for hydroxylation is 2. The van der Waals surface area contributed by atoms with E-state index < -0.39 is 0 Å². The minimum atomic E-state index is 0.0407. The van der Waals surface area contributed by atoms with Gasteiger partial charge in [-0.2, -0.15) is 0 Å². The van der Waals surface area contributed by atoms with E-state index in [9.17, 15) is 4.79 Å². The lowest BCUT2D eigenvalue weighted by atomic mass is 10.0. The standard InChI is InChI=1S/C21H21N5O/c1-12-7-16(18-10-17(22)11-24-13(18)2)8-19(25-12)15-5-6-23-20(9-15)26-21(27)14-3-4-14/h5-11,14H,3-4,22H2,1-2H3,(H,23,26,27). The molecular formula is C21H21N5O. The maximum absolute atomic E-state index is 12.0. The van der Waals surface area contributed by atoms with Gasteiger partial charge >= 0.3 is 0 Å². The number of nitrogens with one attached hydrogen (secondary N) is 1. The lowest BCUT2D eigenvalue weighted by molar-refractivity contribution is -0.117. The number of rotatable bonds is 4. The second kappa shape index (κ2) is 6.79. The highest BCUT2D eigenvalue weighted by Gasteiger charge is 2.29. The summed E-state index contributed by atoms with van der Waals surface area (Å²) in [5.74, 6) is 0.730. The number of pyridine rings is 3. The molecule has 1 aliphatic carbocycles. The molecule has 1 fully saturated rings. The van der Waals surface area contributed by atoms with Gasteiger partial charge in [0.25, 0.3) is 0 Å². The summed E-state index contributed by atoms with van der Waals surface area (Å²) < 4.78 is 0. The van der Waals surface area contributed by atoms with Crippen LogP contribution >= 0.6 is 0 Å². The highest BCUT2D eigenvalue weighted by atomic mass is 16.2. The van der Waals surface area contributed by atoms with Gasteiger partial charge in [-0.25, -0.2) is 4.98 Å². The second-order valence-electron chi connectivity index (χ2n) is 6.98. The number of aromatic nitrogens is 3. The van der Waals surface area contributed by atoms with Crippen molar-refractivity contribution in [3.8, 4) is 22.4 Å². The number of carbonyl (C=O) groups is 1. The summed E-state index contributed by atoms with van der Waals surface area (Å²) in [7, 11) is 0. The molecule has 0 aromatic carbocycles. The second-order valence-corrected chi connectivity index (χ2v) is 6.98. The van der Waals surface area contributed by atoms with Crippen LogP contribution in [-0.2, 0) is 4.79 Å². The van der Waals surface area contributed by atoms with Gasteiger partial charge in [0.05, 0.1) is 17.6 Å². The first kappa shape index (κ1) is 17.1. The highest BCUT2D eigenvalue weighted by Crippen LogP contribution is 2.31. The zero-order valence-electron chi connectivity index (χ0n) is 15.4. The van der Waals surface area contributed by atoms with Crippen LogP contribution in [0.2, 0.25) is 0 Å². The number of nitrogens with two attached hydrogens (primary N) is 1. The topological polar surface area (TPSA) is 93.8 Å². The van der Waals surface area contributed by atoms with Crippen LogP contribution in [0.3, 0.4) is 0 Å². The molecule has 0 spiro atoms. The zero-order valence-corrected chi connectivity index (χ0v) is 15.4. The highest BCUT2D eigenvalue weighted by molar-refractivity contribution is 5.93. The molecule has 3 N–H and O–H groups in total. The van der Waals surface area contributed by atoms with E-state index in [1.54, 1.807) is 12.4 Å². The fourth-order valence-corrected chi connectivity index (χ4v) is 3.05. The Hall–Kier alpha value is -3.28. The number of hydrogen-bond acceptors (Lipinski definition) is 5. The maximum atomic E-state index is 12.0. The van der Waals surface area contributed by atoms with Gasteiger partial charge < -0.3 is 11.1 Å². The molecule has 4 rings (SSSR count). The van der Waals surface area contributed by atoms with Crippen LogP contribution < -0.4 is 11.1 Å². The van der Waals surface area contributed by atoms with Gasteiger partial charge in [-0.15, -0.1) is 0 Å². The first-order valence-corrected chi connectivity index (χ1v) is 8.98. The molecule has 0 saturated heterocycles. The average Bonchev–Trinajstić information content (AvgIpc) is 3.49. The molecule has 136 valence electrons. The summed E-state index contributed by atoms with van der Waals surface area (Å²) in [6.07, 6.45) is 5.27. The average molecular weight is 359 g/mol. The van der Waals surface area contributed by atoms with Crippen LogP contribution in [-0.4, -0.2) is 20.9 Å². The minimum Gasteiger partial charge on any atom is -0.397 e. The normalized spacial score (nSPS) is 13.4. The molecule has 1 amide bonds. The molecule has 0 atom stereocenters. The predicted molar refractivity (Wildman–Crippen MR) is 106 cm³/mol. The van der Waals surface area contributed by atoms with Gasteiger partial charge in [0.15, 0.2) is 0 Å². The van der Waals surface area contributed by atoms with E-state index in [0.717, 1.165) is 46.6 Å². The summed E-state index contributed by atoms with van der Waals surface area (Å²) >= 11 is 0. The third-order valence-electron chi connectivity index (χ3n) is 4.63. The fourth-order valence-electron chi connectivity index (χ4n) is 3.05. The van der Waals surface area contributed by atoms with E-state index in [-0.39, 0.29) is 11.8 Å². The molecule has 6 heteroatoms. The monoisotopic (exact) mass is 359 g/mol. The number of nitrogens with zero attached hydrogens (tertiary/aromatic N) is 3. The van der Waals surface area contributed by atoms with Crippen molar-refractivity contribution in [3.63, 3.8) is 0 Å². The third kappa shape index (κ3) is 3.79. The van der Waals surface area contributed by atoms with Crippen molar-refractivity contribution in [1.82, 2.24) is 15.0 Å². The smallest absolute Gasteiger partial charge is 0.228 e. The Balaban J connectivity index is 1.71. The SMILES string of the molecule is Cc1cc(-c2cc(N)cnc2C)cc(-c2ccnc(NC(=O)C3CC3)c2)n1. The first-order valence-electron chi connectivity index (χ1n) is 8.98. The van der Waals surface area contributed by atoms with E-state index in [2.05, 4.69) is 20.3 Å². The number of carbonyl (C=O) groups excluding carboxylic acids is 1. The Labute approximate surface area is 157 Å². The quantitative estimate of drug-likeness (QED) is 0.740.